The number of rotatable bonds is 3. The summed E-state index contributed by atoms with van der Waals surface area (Å²) in [7, 11) is 0. The van der Waals surface area contributed by atoms with Crippen molar-refractivity contribution in [3.05, 3.63) is 111 Å². The molecule has 1 heterocycles. The Morgan fingerprint density at radius 2 is 1.66 bits per heavy atom. The summed E-state index contributed by atoms with van der Waals surface area (Å²) < 4.78 is 0. The van der Waals surface area contributed by atoms with Crippen LogP contribution in [0.25, 0.3) is 0 Å². The molecule has 6 heteroatoms. The summed E-state index contributed by atoms with van der Waals surface area (Å²) in [5.74, 6) is -0.372. The molecule has 3 aromatic carbocycles. The topological polar surface area (TPSA) is 84.3 Å². The second-order valence-corrected chi connectivity index (χ2v) is 8.38. The van der Waals surface area contributed by atoms with Crippen LogP contribution in [0.3, 0.4) is 0 Å². The summed E-state index contributed by atoms with van der Waals surface area (Å²) in [5.41, 5.74) is 5.06. The van der Waals surface area contributed by atoms with Gasteiger partial charge in [-0.25, -0.2) is 0 Å². The van der Waals surface area contributed by atoms with Crippen molar-refractivity contribution in [2.24, 2.45) is 5.92 Å². The lowest BCUT2D eigenvalue weighted by Crippen LogP contribution is -2.33. The number of benzene rings is 3. The van der Waals surface area contributed by atoms with Crippen molar-refractivity contribution < 1.29 is 9.72 Å². The lowest BCUT2D eigenvalue weighted by molar-refractivity contribution is -0.385. The van der Waals surface area contributed by atoms with E-state index in [0.717, 1.165) is 28.2 Å². The summed E-state index contributed by atoms with van der Waals surface area (Å²) in [6, 6.07) is 22.6. The Labute approximate surface area is 186 Å². The van der Waals surface area contributed by atoms with E-state index in [2.05, 4.69) is 16.7 Å². The van der Waals surface area contributed by atoms with Crippen molar-refractivity contribution >= 4 is 22.8 Å². The third-order valence-corrected chi connectivity index (χ3v) is 6.35. The molecule has 160 valence electrons. The van der Waals surface area contributed by atoms with Crippen LogP contribution in [0.2, 0.25) is 0 Å². The number of aryl methyl sites for hydroxylation is 1. The van der Waals surface area contributed by atoms with Crippen LogP contribution in [-0.2, 0) is 4.79 Å². The van der Waals surface area contributed by atoms with Gasteiger partial charge in [-0.2, -0.15) is 0 Å². The molecule has 0 fully saturated rings. The number of nitro groups is 1. The standard InChI is InChI=1S/C26H23N3O3/c1-16-11-12-18(14-23(16)29(31)32)26-25-22(27-20-9-5-6-10-21(20)28-26)13-19(15-24(25)30)17-7-3-2-4-8-17/h2-14,19,25-28H,15H2,1H3. The summed E-state index contributed by atoms with van der Waals surface area (Å²) in [5, 5.41) is 18.5. The van der Waals surface area contributed by atoms with Gasteiger partial charge in [0.05, 0.1) is 28.3 Å². The molecule has 0 saturated heterocycles. The van der Waals surface area contributed by atoms with Crippen molar-refractivity contribution in [2.75, 3.05) is 10.6 Å². The van der Waals surface area contributed by atoms with Crippen molar-refractivity contribution in [3.8, 4) is 0 Å². The highest BCUT2D eigenvalue weighted by atomic mass is 16.6. The highest BCUT2D eigenvalue weighted by Crippen LogP contribution is 2.44. The predicted molar refractivity (Wildman–Crippen MR) is 125 cm³/mol. The Morgan fingerprint density at radius 1 is 0.938 bits per heavy atom. The average Bonchev–Trinajstić information content (AvgIpc) is 2.96. The molecule has 0 spiro atoms. The van der Waals surface area contributed by atoms with E-state index in [4.69, 9.17) is 0 Å². The molecule has 2 N–H and O–H groups in total. The van der Waals surface area contributed by atoms with Crippen LogP contribution in [0.1, 0.15) is 35.1 Å². The van der Waals surface area contributed by atoms with E-state index in [0.29, 0.717) is 12.0 Å². The number of nitro benzene ring substituents is 1. The summed E-state index contributed by atoms with van der Waals surface area (Å²) in [6.07, 6.45) is 2.53. The maximum atomic E-state index is 13.5. The molecule has 1 aliphatic heterocycles. The predicted octanol–water partition coefficient (Wildman–Crippen LogP) is 5.74. The zero-order chi connectivity index (χ0) is 22.2. The lowest BCUT2D eigenvalue weighted by Gasteiger charge is -2.32. The van der Waals surface area contributed by atoms with Gasteiger partial charge in [0, 0.05) is 29.7 Å². The Morgan fingerprint density at radius 3 is 2.41 bits per heavy atom. The SMILES string of the molecule is Cc1ccc(C2Nc3ccccc3NC3=CC(c4ccccc4)CC(=O)C32)cc1[N+](=O)[O-]. The minimum Gasteiger partial charge on any atom is -0.375 e. The molecule has 3 aromatic rings. The zero-order valence-electron chi connectivity index (χ0n) is 17.6. The van der Waals surface area contributed by atoms with Gasteiger partial charge in [-0.15, -0.1) is 0 Å². The quantitative estimate of drug-likeness (QED) is 0.413. The molecule has 5 rings (SSSR count). The molecule has 6 nitrogen and oxygen atoms in total. The fourth-order valence-electron chi connectivity index (χ4n) is 4.71. The fourth-order valence-corrected chi connectivity index (χ4v) is 4.71. The number of carbonyl (C=O) groups is 1. The number of fused-ring (bicyclic) bond motifs is 2. The highest BCUT2D eigenvalue weighted by Gasteiger charge is 2.40. The molecule has 0 bridgehead atoms. The summed E-state index contributed by atoms with van der Waals surface area (Å²) in [4.78, 5) is 24.7. The van der Waals surface area contributed by atoms with Crippen LogP contribution < -0.4 is 10.6 Å². The van der Waals surface area contributed by atoms with Crippen LogP contribution in [-0.4, -0.2) is 10.7 Å². The van der Waals surface area contributed by atoms with Crippen LogP contribution in [0.4, 0.5) is 17.1 Å². The highest BCUT2D eigenvalue weighted by molar-refractivity contribution is 5.90. The van der Waals surface area contributed by atoms with Crippen LogP contribution in [0.5, 0.6) is 0 Å². The second kappa shape index (κ2) is 7.96. The average molecular weight is 425 g/mol. The molecule has 1 aliphatic carbocycles. The zero-order valence-corrected chi connectivity index (χ0v) is 17.6. The van der Waals surface area contributed by atoms with Crippen LogP contribution in [0.15, 0.2) is 84.6 Å². The number of nitrogens with one attached hydrogen (secondary N) is 2. The Bertz CT molecular complexity index is 1240. The van der Waals surface area contributed by atoms with Gasteiger partial charge in [-0.1, -0.05) is 60.7 Å². The molecule has 3 unspecified atom stereocenters. The van der Waals surface area contributed by atoms with Gasteiger partial charge in [0.15, 0.2) is 0 Å². The maximum absolute atomic E-state index is 13.5. The van der Waals surface area contributed by atoms with Gasteiger partial charge in [0.2, 0.25) is 0 Å². The molecule has 0 amide bonds. The van der Waals surface area contributed by atoms with Crippen LogP contribution in [0, 0.1) is 23.0 Å². The van der Waals surface area contributed by atoms with E-state index in [1.807, 2.05) is 60.7 Å². The number of anilines is 2. The van der Waals surface area contributed by atoms with E-state index in [1.54, 1.807) is 19.1 Å². The second-order valence-electron chi connectivity index (χ2n) is 8.38. The van der Waals surface area contributed by atoms with Crippen LogP contribution >= 0.6 is 0 Å². The molecular weight excluding hydrogens is 402 g/mol. The first-order chi connectivity index (χ1) is 15.5. The van der Waals surface area contributed by atoms with Gasteiger partial charge in [-0.05, 0) is 30.2 Å². The molecule has 0 radical (unpaired) electrons. The molecule has 3 atom stereocenters. The van der Waals surface area contributed by atoms with E-state index in [1.165, 1.54) is 0 Å². The van der Waals surface area contributed by atoms with Crippen molar-refractivity contribution in [1.29, 1.82) is 0 Å². The van der Waals surface area contributed by atoms with Crippen molar-refractivity contribution in [3.63, 3.8) is 0 Å². The fraction of sp³-hybridized carbons (Fsp3) is 0.192. The minimum absolute atomic E-state index is 0.0132. The third-order valence-electron chi connectivity index (χ3n) is 6.35. The number of ketones is 1. The first-order valence-corrected chi connectivity index (χ1v) is 10.7. The number of Topliss-reactive ketones (excluding diaryl/α,β-unsaturated/α-hetero) is 1. The largest absolute Gasteiger partial charge is 0.375 e. The van der Waals surface area contributed by atoms with E-state index in [-0.39, 0.29) is 22.3 Å². The lowest BCUT2D eigenvalue weighted by atomic mass is 9.76. The summed E-state index contributed by atoms with van der Waals surface area (Å²) >= 11 is 0. The van der Waals surface area contributed by atoms with Gasteiger partial charge in [-0.3, -0.25) is 14.9 Å². The number of hydrogen-bond donors (Lipinski definition) is 2. The first kappa shape index (κ1) is 20.0. The van der Waals surface area contributed by atoms with Gasteiger partial charge >= 0.3 is 0 Å². The van der Waals surface area contributed by atoms with Gasteiger partial charge in [0.25, 0.3) is 5.69 Å². The van der Waals surface area contributed by atoms with E-state index >= 15 is 0 Å². The third kappa shape index (κ3) is 3.54. The van der Waals surface area contributed by atoms with Gasteiger partial charge in [0.1, 0.15) is 5.78 Å². The number of carbonyl (C=O) groups excluding carboxylic acids is 1. The van der Waals surface area contributed by atoms with E-state index in [9.17, 15) is 14.9 Å². The number of para-hydroxylation sites is 2. The molecule has 32 heavy (non-hydrogen) atoms. The van der Waals surface area contributed by atoms with Gasteiger partial charge < -0.3 is 10.6 Å². The maximum Gasteiger partial charge on any atom is 0.272 e. The number of allylic oxidation sites excluding steroid dienone is 1. The Kier molecular flexibility index (Phi) is 4.98. The summed E-state index contributed by atoms with van der Waals surface area (Å²) in [6.45, 7) is 1.72. The normalized spacial score (nSPS) is 21.8. The molecule has 2 aliphatic rings. The Hall–Kier alpha value is -3.93. The molecular formula is C26H23N3O3. The Balaban J connectivity index is 1.64. The molecule has 0 saturated carbocycles. The first-order valence-electron chi connectivity index (χ1n) is 10.7. The number of hydrogen-bond acceptors (Lipinski definition) is 5. The van der Waals surface area contributed by atoms with Crippen molar-refractivity contribution in [1.82, 2.24) is 0 Å². The smallest absolute Gasteiger partial charge is 0.272 e. The molecule has 0 aromatic heterocycles. The van der Waals surface area contributed by atoms with E-state index < -0.39 is 12.0 Å². The monoisotopic (exact) mass is 425 g/mol. The number of nitrogens with zero attached hydrogens (tertiary/aromatic N) is 1. The van der Waals surface area contributed by atoms with Crippen molar-refractivity contribution in [2.45, 2.75) is 25.3 Å². The minimum atomic E-state index is -0.468.